The molecule has 0 unspecified atom stereocenters. The summed E-state index contributed by atoms with van der Waals surface area (Å²) in [5.41, 5.74) is 7.67. The van der Waals surface area contributed by atoms with Gasteiger partial charge in [0, 0.05) is 11.0 Å². The molecule has 0 amide bonds. The molecular weight excluding hydrogens is 132 g/mol. The third-order valence-electron chi connectivity index (χ3n) is 0.905. The standard InChI is InChI=1S/C5H4N4O/c6-9-8-4-2-1-3-5(10)7-4/h1-3H,(H,7,10). The van der Waals surface area contributed by atoms with Gasteiger partial charge in [0.1, 0.15) is 5.82 Å². The summed E-state index contributed by atoms with van der Waals surface area (Å²) in [4.78, 5) is 15.4. The van der Waals surface area contributed by atoms with Crippen molar-refractivity contribution in [2.45, 2.75) is 0 Å². The van der Waals surface area contributed by atoms with Crippen LogP contribution >= 0.6 is 0 Å². The summed E-state index contributed by atoms with van der Waals surface area (Å²) < 4.78 is 0. The van der Waals surface area contributed by atoms with Crippen molar-refractivity contribution in [1.29, 1.82) is 0 Å². The highest BCUT2D eigenvalue weighted by atomic mass is 16.1. The van der Waals surface area contributed by atoms with Crippen LogP contribution < -0.4 is 5.56 Å². The second-order valence-corrected chi connectivity index (χ2v) is 1.59. The Morgan fingerprint density at radius 2 is 2.40 bits per heavy atom. The lowest BCUT2D eigenvalue weighted by Gasteiger charge is -1.85. The van der Waals surface area contributed by atoms with Gasteiger partial charge in [0.25, 0.3) is 0 Å². The van der Waals surface area contributed by atoms with Crippen molar-refractivity contribution in [3.05, 3.63) is 39.0 Å². The van der Waals surface area contributed by atoms with Crippen molar-refractivity contribution in [1.82, 2.24) is 4.98 Å². The first-order valence-electron chi connectivity index (χ1n) is 2.57. The van der Waals surface area contributed by atoms with Crippen molar-refractivity contribution in [2.75, 3.05) is 0 Å². The van der Waals surface area contributed by atoms with Gasteiger partial charge in [-0.1, -0.05) is 6.07 Å². The van der Waals surface area contributed by atoms with E-state index in [1.807, 2.05) is 0 Å². The van der Waals surface area contributed by atoms with Crippen LogP contribution in [0.3, 0.4) is 0 Å². The highest BCUT2D eigenvalue weighted by Gasteiger charge is 1.84. The number of aromatic amines is 1. The fourth-order valence-electron chi connectivity index (χ4n) is 0.543. The monoisotopic (exact) mass is 136 g/mol. The van der Waals surface area contributed by atoms with E-state index in [-0.39, 0.29) is 11.4 Å². The second kappa shape index (κ2) is 2.70. The van der Waals surface area contributed by atoms with E-state index in [4.69, 9.17) is 5.53 Å². The average Bonchev–Trinajstić information content (AvgIpc) is 1.88. The van der Waals surface area contributed by atoms with E-state index < -0.39 is 0 Å². The maximum Gasteiger partial charge on any atom is 0.248 e. The van der Waals surface area contributed by atoms with Crippen molar-refractivity contribution in [3.63, 3.8) is 0 Å². The molecule has 0 atom stereocenters. The fourth-order valence-corrected chi connectivity index (χ4v) is 0.543. The van der Waals surface area contributed by atoms with Gasteiger partial charge >= 0.3 is 0 Å². The number of hydrogen-bond donors (Lipinski definition) is 1. The number of rotatable bonds is 1. The number of H-pyrrole nitrogens is 1. The Hall–Kier alpha value is -1.74. The molecule has 0 radical (unpaired) electrons. The molecule has 1 heterocycles. The van der Waals surface area contributed by atoms with Crippen LogP contribution in [0.2, 0.25) is 0 Å². The number of hydrogen-bond acceptors (Lipinski definition) is 2. The molecule has 5 heteroatoms. The Morgan fingerprint density at radius 3 is 3.00 bits per heavy atom. The second-order valence-electron chi connectivity index (χ2n) is 1.59. The summed E-state index contributed by atoms with van der Waals surface area (Å²) in [6.45, 7) is 0. The van der Waals surface area contributed by atoms with Crippen LogP contribution in [0.5, 0.6) is 0 Å². The molecule has 0 aliphatic rings. The van der Waals surface area contributed by atoms with Gasteiger partial charge in [-0.05, 0) is 16.7 Å². The third kappa shape index (κ3) is 1.37. The van der Waals surface area contributed by atoms with E-state index in [2.05, 4.69) is 15.0 Å². The van der Waals surface area contributed by atoms with Crippen LogP contribution in [0.4, 0.5) is 5.82 Å². The minimum Gasteiger partial charge on any atom is -0.321 e. The van der Waals surface area contributed by atoms with Crippen molar-refractivity contribution in [2.24, 2.45) is 5.11 Å². The smallest absolute Gasteiger partial charge is 0.248 e. The third-order valence-corrected chi connectivity index (χ3v) is 0.905. The van der Waals surface area contributed by atoms with Gasteiger partial charge < -0.3 is 4.98 Å². The van der Waals surface area contributed by atoms with Gasteiger partial charge in [-0.2, -0.15) is 0 Å². The quantitative estimate of drug-likeness (QED) is 0.352. The molecule has 0 spiro atoms. The van der Waals surface area contributed by atoms with Gasteiger partial charge in [-0.15, -0.1) is 0 Å². The first kappa shape index (κ1) is 6.38. The SMILES string of the molecule is [N-]=[N+]=Nc1cccc(=O)[nH]1. The molecule has 1 rings (SSSR count). The van der Waals surface area contributed by atoms with E-state index in [0.29, 0.717) is 0 Å². The van der Waals surface area contributed by atoms with Gasteiger partial charge in [0.2, 0.25) is 5.56 Å². The van der Waals surface area contributed by atoms with E-state index in [0.717, 1.165) is 0 Å². The van der Waals surface area contributed by atoms with Crippen LogP contribution in [0.15, 0.2) is 28.1 Å². The van der Waals surface area contributed by atoms with Crippen LogP contribution in [0, 0.1) is 0 Å². The summed E-state index contributed by atoms with van der Waals surface area (Å²) in [6.07, 6.45) is 0. The van der Waals surface area contributed by atoms with Crippen LogP contribution in [-0.4, -0.2) is 4.98 Å². The van der Waals surface area contributed by atoms with Gasteiger partial charge in [0.05, 0.1) is 0 Å². The molecule has 0 aliphatic carbocycles. The molecule has 0 saturated carbocycles. The molecule has 1 aromatic heterocycles. The summed E-state index contributed by atoms with van der Waals surface area (Å²) in [5, 5.41) is 3.19. The topological polar surface area (TPSA) is 81.6 Å². The highest BCUT2D eigenvalue weighted by molar-refractivity contribution is 5.24. The Labute approximate surface area is 55.9 Å². The number of pyridine rings is 1. The number of azide groups is 1. The van der Waals surface area contributed by atoms with E-state index in [1.165, 1.54) is 18.2 Å². The molecule has 5 nitrogen and oxygen atoms in total. The lowest BCUT2D eigenvalue weighted by atomic mass is 10.5. The van der Waals surface area contributed by atoms with Crippen molar-refractivity contribution >= 4 is 5.82 Å². The molecule has 50 valence electrons. The number of nitrogens with zero attached hydrogens (tertiary/aromatic N) is 3. The molecule has 1 N–H and O–H groups in total. The predicted octanol–water partition coefficient (Wildman–Crippen LogP) is 1.32. The average molecular weight is 136 g/mol. The molecule has 0 saturated heterocycles. The molecule has 1 aromatic rings. The minimum atomic E-state index is -0.273. The first-order chi connectivity index (χ1) is 4.83. The molecular formula is C5H4N4O. The molecule has 0 aromatic carbocycles. The summed E-state index contributed by atoms with van der Waals surface area (Å²) >= 11 is 0. The Morgan fingerprint density at radius 1 is 1.60 bits per heavy atom. The van der Waals surface area contributed by atoms with Crippen LogP contribution in [0.1, 0.15) is 0 Å². The number of nitrogens with one attached hydrogen (secondary N) is 1. The molecule has 0 bridgehead atoms. The highest BCUT2D eigenvalue weighted by Crippen LogP contribution is 2.01. The Kier molecular flexibility index (Phi) is 1.72. The fraction of sp³-hybridized carbons (Fsp3) is 0. The normalized spacial score (nSPS) is 8.40. The van der Waals surface area contributed by atoms with E-state index >= 15 is 0 Å². The predicted molar refractivity (Wildman–Crippen MR) is 35.9 cm³/mol. The van der Waals surface area contributed by atoms with Crippen LogP contribution in [0.25, 0.3) is 10.4 Å². The summed E-state index contributed by atoms with van der Waals surface area (Å²) in [5.74, 6) is 0.231. The first-order valence-corrected chi connectivity index (χ1v) is 2.57. The Bertz CT molecular complexity index is 322. The van der Waals surface area contributed by atoms with E-state index in [9.17, 15) is 4.79 Å². The summed E-state index contributed by atoms with van der Waals surface area (Å²) in [7, 11) is 0. The van der Waals surface area contributed by atoms with Crippen molar-refractivity contribution < 1.29 is 0 Å². The zero-order valence-electron chi connectivity index (χ0n) is 4.98. The van der Waals surface area contributed by atoms with Crippen LogP contribution in [-0.2, 0) is 0 Å². The van der Waals surface area contributed by atoms with Gasteiger partial charge in [0.15, 0.2) is 0 Å². The molecule has 0 fully saturated rings. The van der Waals surface area contributed by atoms with Gasteiger partial charge in [-0.25, -0.2) is 0 Å². The summed E-state index contributed by atoms with van der Waals surface area (Å²) in [6, 6.07) is 4.38. The maximum absolute atomic E-state index is 10.5. The minimum absolute atomic E-state index is 0.231. The number of aromatic nitrogens is 1. The Balaban J connectivity index is 3.19. The zero-order valence-corrected chi connectivity index (χ0v) is 4.98. The molecule has 10 heavy (non-hydrogen) atoms. The van der Waals surface area contributed by atoms with E-state index in [1.54, 1.807) is 0 Å². The largest absolute Gasteiger partial charge is 0.321 e. The lowest BCUT2D eigenvalue weighted by molar-refractivity contribution is 1.20. The van der Waals surface area contributed by atoms with Crippen molar-refractivity contribution in [3.8, 4) is 0 Å². The maximum atomic E-state index is 10.5. The lowest BCUT2D eigenvalue weighted by Crippen LogP contribution is -2.00. The zero-order chi connectivity index (χ0) is 7.40. The molecule has 0 aliphatic heterocycles. The van der Waals surface area contributed by atoms with Gasteiger partial charge in [-0.3, -0.25) is 4.79 Å².